The SMILES string of the molecule is CCOC(CC)C(=O)NC(C)CC(=O)O. The summed E-state index contributed by atoms with van der Waals surface area (Å²) in [6.45, 7) is 5.79. The molecule has 0 saturated carbocycles. The Kier molecular flexibility index (Phi) is 6.70. The first kappa shape index (κ1) is 13.9. The lowest BCUT2D eigenvalue weighted by Gasteiger charge is -2.18. The molecule has 1 amide bonds. The van der Waals surface area contributed by atoms with Gasteiger partial charge in [0, 0.05) is 12.6 Å². The Labute approximate surface area is 89.8 Å². The van der Waals surface area contributed by atoms with E-state index in [0.29, 0.717) is 13.0 Å². The maximum Gasteiger partial charge on any atom is 0.305 e. The summed E-state index contributed by atoms with van der Waals surface area (Å²) in [6, 6.07) is -0.371. The zero-order chi connectivity index (χ0) is 11.8. The molecule has 0 aromatic carbocycles. The molecule has 0 bridgehead atoms. The molecule has 0 fully saturated rings. The lowest BCUT2D eigenvalue weighted by Crippen LogP contribution is -2.41. The third-order valence-corrected chi connectivity index (χ3v) is 1.90. The van der Waals surface area contributed by atoms with Crippen LogP contribution in [0.1, 0.15) is 33.6 Å². The van der Waals surface area contributed by atoms with Crippen LogP contribution in [0.5, 0.6) is 0 Å². The number of amides is 1. The Morgan fingerprint density at radius 2 is 2.00 bits per heavy atom. The van der Waals surface area contributed by atoms with Crippen LogP contribution < -0.4 is 5.32 Å². The molecule has 2 N–H and O–H groups in total. The van der Waals surface area contributed by atoms with Crippen LogP contribution in [0.3, 0.4) is 0 Å². The number of carboxylic acids is 1. The minimum absolute atomic E-state index is 0.0751. The molecule has 0 aliphatic heterocycles. The zero-order valence-corrected chi connectivity index (χ0v) is 9.45. The normalized spacial score (nSPS) is 14.3. The first-order chi connectivity index (χ1) is 7.01. The molecule has 0 aromatic heterocycles. The van der Waals surface area contributed by atoms with Crippen molar-refractivity contribution >= 4 is 11.9 Å². The average molecular weight is 217 g/mol. The van der Waals surface area contributed by atoms with Crippen molar-refractivity contribution in [3.05, 3.63) is 0 Å². The van der Waals surface area contributed by atoms with Crippen LogP contribution in [0.4, 0.5) is 0 Å². The molecule has 0 aromatic rings. The molecule has 15 heavy (non-hydrogen) atoms. The topological polar surface area (TPSA) is 75.6 Å². The van der Waals surface area contributed by atoms with Crippen LogP contribution in [0, 0.1) is 0 Å². The van der Waals surface area contributed by atoms with Gasteiger partial charge in [0.25, 0.3) is 0 Å². The second-order valence-corrected chi connectivity index (χ2v) is 3.36. The molecule has 2 atom stereocenters. The Bertz CT molecular complexity index is 217. The van der Waals surface area contributed by atoms with Crippen LogP contribution in [0.2, 0.25) is 0 Å². The predicted molar refractivity (Wildman–Crippen MR) is 55.6 cm³/mol. The van der Waals surface area contributed by atoms with E-state index in [-0.39, 0.29) is 18.4 Å². The minimum Gasteiger partial charge on any atom is -0.481 e. The maximum atomic E-state index is 11.5. The van der Waals surface area contributed by atoms with Gasteiger partial charge in [-0.05, 0) is 20.3 Å². The second-order valence-electron chi connectivity index (χ2n) is 3.36. The number of carboxylic acid groups (broad SMARTS) is 1. The van der Waals surface area contributed by atoms with E-state index in [0.717, 1.165) is 0 Å². The largest absolute Gasteiger partial charge is 0.481 e. The van der Waals surface area contributed by atoms with Gasteiger partial charge >= 0.3 is 5.97 Å². The molecule has 5 nitrogen and oxygen atoms in total. The van der Waals surface area contributed by atoms with Crippen LogP contribution in [-0.2, 0) is 14.3 Å². The predicted octanol–water partition coefficient (Wildman–Crippen LogP) is 0.781. The van der Waals surface area contributed by atoms with Gasteiger partial charge in [-0.1, -0.05) is 6.92 Å². The molecule has 5 heteroatoms. The third-order valence-electron chi connectivity index (χ3n) is 1.90. The van der Waals surface area contributed by atoms with Gasteiger partial charge in [-0.3, -0.25) is 9.59 Å². The fourth-order valence-electron chi connectivity index (χ4n) is 1.23. The van der Waals surface area contributed by atoms with Crippen LogP contribution >= 0.6 is 0 Å². The molecule has 88 valence electrons. The summed E-state index contributed by atoms with van der Waals surface area (Å²) in [5.41, 5.74) is 0. The minimum atomic E-state index is -0.924. The van der Waals surface area contributed by atoms with Crippen molar-refractivity contribution in [1.82, 2.24) is 5.32 Å². The average Bonchev–Trinajstić information content (AvgIpc) is 2.12. The molecule has 0 radical (unpaired) electrons. The van der Waals surface area contributed by atoms with E-state index in [4.69, 9.17) is 9.84 Å². The summed E-state index contributed by atoms with van der Waals surface area (Å²) < 4.78 is 5.20. The highest BCUT2D eigenvalue weighted by Crippen LogP contribution is 2.00. The number of hydrogen-bond donors (Lipinski definition) is 2. The number of hydrogen-bond acceptors (Lipinski definition) is 3. The highest BCUT2D eigenvalue weighted by atomic mass is 16.5. The summed E-state index contributed by atoms with van der Waals surface area (Å²) >= 11 is 0. The lowest BCUT2D eigenvalue weighted by molar-refractivity contribution is -0.138. The van der Waals surface area contributed by atoms with Crippen molar-refractivity contribution in [3.8, 4) is 0 Å². The van der Waals surface area contributed by atoms with Gasteiger partial charge in [-0.2, -0.15) is 0 Å². The fourth-order valence-corrected chi connectivity index (χ4v) is 1.23. The summed E-state index contributed by atoms with van der Waals surface area (Å²) in [6.07, 6.45) is 0.0274. The first-order valence-electron chi connectivity index (χ1n) is 5.15. The Morgan fingerprint density at radius 3 is 2.40 bits per heavy atom. The number of ether oxygens (including phenoxy) is 1. The van der Waals surface area contributed by atoms with Crippen molar-refractivity contribution in [2.75, 3.05) is 6.61 Å². The number of carbonyl (C=O) groups excluding carboxylic acids is 1. The molecule has 0 aliphatic carbocycles. The van der Waals surface area contributed by atoms with E-state index in [1.165, 1.54) is 0 Å². The van der Waals surface area contributed by atoms with Crippen LogP contribution in [0.15, 0.2) is 0 Å². The van der Waals surface area contributed by atoms with Crippen molar-refractivity contribution in [1.29, 1.82) is 0 Å². The zero-order valence-electron chi connectivity index (χ0n) is 9.45. The second kappa shape index (κ2) is 7.23. The standard InChI is InChI=1S/C10H19NO4/c1-4-8(15-5-2)10(14)11-7(3)6-9(12)13/h7-8H,4-6H2,1-3H3,(H,11,14)(H,12,13). The molecule has 0 spiro atoms. The van der Waals surface area contributed by atoms with Gasteiger partial charge in [0.1, 0.15) is 6.10 Å². The van der Waals surface area contributed by atoms with Gasteiger partial charge in [-0.25, -0.2) is 0 Å². The maximum absolute atomic E-state index is 11.5. The molecule has 0 aliphatic rings. The van der Waals surface area contributed by atoms with Crippen molar-refractivity contribution in [3.63, 3.8) is 0 Å². The highest BCUT2D eigenvalue weighted by molar-refractivity contribution is 5.81. The van der Waals surface area contributed by atoms with E-state index in [2.05, 4.69) is 5.32 Å². The molecule has 0 saturated heterocycles. The Morgan fingerprint density at radius 1 is 1.40 bits per heavy atom. The smallest absolute Gasteiger partial charge is 0.305 e. The molecule has 2 unspecified atom stereocenters. The van der Waals surface area contributed by atoms with E-state index in [1.54, 1.807) is 6.92 Å². The molecular weight excluding hydrogens is 198 g/mol. The Hall–Kier alpha value is -1.10. The third kappa shape index (κ3) is 6.06. The van der Waals surface area contributed by atoms with Crippen molar-refractivity contribution < 1.29 is 19.4 Å². The lowest BCUT2D eigenvalue weighted by atomic mass is 10.2. The number of nitrogens with one attached hydrogen (secondary N) is 1. The summed E-state index contributed by atoms with van der Waals surface area (Å²) in [4.78, 5) is 21.9. The summed E-state index contributed by atoms with van der Waals surface area (Å²) in [5.74, 6) is -1.17. The van der Waals surface area contributed by atoms with Crippen LogP contribution in [0.25, 0.3) is 0 Å². The molecule has 0 rings (SSSR count). The van der Waals surface area contributed by atoms with E-state index >= 15 is 0 Å². The van der Waals surface area contributed by atoms with Gasteiger partial charge in [0.15, 0.2) is 0 Å². The van der Waals surface area contributed by atoms with E-state index in [1.807, 2.05) is 13.8 Å². The summed E-state index contributed by atoms with van der Waals surface area (Å²) in [5, 5.41) is 11.1. The fraction of sp³-hybridized carbons (Fsp3) is 0.800. The van der Waals surface area contributed by atoms with Crippen molar-refractivity contribution in [2.24, 2.45) is 0 Å². The molecular formula is C10H19NO4. The van der Waals surface area contributed by atoms with Gasteiger partial charge in [0.2, 0.25) is 5.91 Å². The van der Waals surface area contributed by atoms with Gasteiger partial charge < -0.3 is 15.2 Å². The highest BCUT2D eigenvalue weighted by Gasteiger charge is 2.19. The van der Waals surface area contributed by atoms with Gasteiger partial charge in [-0.15, -0.1) is 0 Å². The summed E-state index contributed by atoms with van der Waals surface area (Å²) in [7, 11) is 0. The first-order valence-corrected chi connectivity index (χ1v) is 5.15. The van der Waals surface area contributed by atoms with Crippen molar-refractivity contribution in [2.45, 2.75) is 45.8 Å². The molecule has 0 heterocycles. The van der Waals surface area contributed by atoms with Gasteiger partial charge in [0.05, 0.1) is 6.42 Å². The number of carbonyl (C=O) groups is 2. The quantitative estimate of drug-likeness (QED) is 0.660. The number of aliphatic carboxylic acids is 1. The van der Waals surface area contributed by atoms with E-state index in [9.17, 15) is 9.59 Å². The monoisotopic (exact) mass is 217 g/mol. The van der Waals surface area contributed by atoms with Crippen LogP contribution in [-0.4, -0.2) is 35.7 Å². The Balaban J connectivity index is 4.03. The van der Waals surface area contributed by atoms with E-state index < -0.39 is 12.1 Å². The number of rotatable bonds is 7.